The third-order valence-corrected chi connectivity index (χ3v) is 3.86. The smallest absolute Gasteiger partial charge is 0.253 e. The number of benzene rings is 2. The Kier molecular flexibility index (Phi) is 4.04. The predicted octanol–water partition coefficient (Wildman–Crippen LogP) is 2.71. The summed E-state index contributed by atoms with van der Waals surface area (Å²) in [6, 6.07) is 12.6. The number of anilines is 1. The summed E-state index contributed by atoms with van der Waals surface area (Å²) in [7, 11) is 0. The quantitative estimate of drug-likeness (QED) is 0.397. The summed E-state index contributed by atoms with van der Waals surface area (Å²) in [5.74, 6) is -0.111. The van der Waals surface area contributed by atoms with Crippen molar-refractivity contribution in [2.75, 3.05) is 5.32 Å². The van der Waals surface area contributed by atoms with E-state index in [1.807, 2.05) is 12.1 Å². The minimum Gasteiger partial charge on any atom is -0.384 e. The van der Waals surface area contributed by atoms with Gasteiger partial charge in [0.15, 0.2) is 0 Å². The van der Waals surface area contributed by atoms with Crippen LogP contribution in [0.3, 0.4) is 0 Å². The largest absolute Gasteiger partial charge is 0.384 e. The first kappa shape index (κ1) is 15.1. The number of amidine groups is 1. The lowest BCUT2D eigenvalue weighted by molar-refractivity contribution is -0.116. The Bertz CT molecular complexity index is 812. The van der Waals surface area contributed by atoms with Crippen molar-refractivity contribution in [2.45, 2.75) is 6.54 Å². The molecule has 0 aromatic heterocycles. The van der Waals surface area contributed by atoms with Gasteiger partial charge in [0.25, 0.3) is 5.91 Å². The molecule has 116 valence electrons. The molecule has 1 heterocycles. The zero-order valence-electron chi connectivity index (χ0n) is 12.2. The van der Waals surface area contributed by atoms with Gasteiger partial charge in [0.1, 0.15) is 5.84 Å². The van der Waals surface area contributed by atoms with Gasteiger partial charge in [-0.15, -0.1) is 0 Å². The zero-order chi connectivity index (χ0) is 16.4. The van der Waals surface area contributed by atoms with Gasteiger partial charge in [0.2, 0.25) is 0 Å². The normalized spacial score (nSPS) is 15.0. The number of hydrogen-bond acceptors (Lipinski definition) is 3. The van der Waals surface area contributed by atoms with Gasteiger partial charge in [-0.05, 0) is 47.5 Å². The number of fused-ring (bicyclic) bond motifs is 1. The fourth-order valence-electron chi connectivity index (χ4n) is 2.41. The number of amides is 1. The molecule has 6 heteroatoms. The molecule has 2 aromatic rings. The highest BCUT2D eigenvalue weighted by Gasteiger charge is 2.20. The van der Waals surface area contributed by atoms with Crippen molar-refractivity contribution in [3.63, 3.8) is 0 Å². The molecule has 0 aliphatic carbocycles. The molecule has 0 saturated carbocycles. The standard InChI is InChI=1S/C17H15ClN4O/c18-12-3-6-14-11(7-12)8-22-17(23)15(14)9-21-13-4-1-10(2-5-13)16(19)20/h1-7,9,21H,8H2,(H3,19,20)(H,22,23). The van der Waals surface area contributed by atoms with Gasteiger partial charge < -0.3 is 16.4 Å². The summed E-state index contributed by atoms with van der Waals surface area (Å²) >= 11 is 6.00. The average molecular weight is 327 g/mol. The second-order valence-corrected chi connectivity index (χ2v) is 5.61. The van der Waals surface area contributed by atoms with E-state index in [9.17, 15) is 4.79 Å². The van der Waals surface area contributed by atoms with Crippen molar-refractivity contribution in [2.24, 2.45) is 5.73 Å². The van der Waals surface area contributed by atoms with Crippen LogP contribution in [0.15, 0.2) is 48.7 Å². The topological polar surface area (TPSA) is 91.0 Å². The van der Waals surface area contributed by atoms with Crippen LogP contribution < -0.4 is 16.4 Å². The number of nitrogens with two attached hydrogens (primary N) is 1. The fraction of sp³-hybridized carbons (Fsp3) is 0.0588. The Morgan fingerprint density at radius 1 is 1.26 bits per heavy atom. The lowest BCUT2D eigenvalue weighted by Crippen LogP contribution is -2.29. The summed E-state index contributed by atoms with van der Waals surface area (Å²) in [4.78, 5) is 12.1. The van der Waals surface area contributed by atoms with Gasteiger partial charge >= 0.3 is 0 Å². The third kappa shape index (κ3) is 3.19. The molecule has 5 nitrogen and oxygen atoms in total. The van der Waals surface area contributed by atoms with E-state index in [4.69, 9.17) is 22.7 Å². The summed E-state index contributed by atoms with van der Waals surface area (Å²) in [6.07, 6.45) is 1.67. The van der Waals surface area contributed by atoms with Crippen LogP contribution in [0.1, 0.15) is 16.7 Å². The number of carbonyl (C=O) groups is 1. The number of halogens is 1. The number of carbonyl (C=O) groups excluding carboxylic acids is 1. The van der Waals surface area contributed by atoms with E-state index in [2.05, 4.69) is 10.6 Å². The van der Waals surface area contributed by atoms with E-state index < -0.39 is 0 Å². The molecule has 0 spiro atoms. The Morgan fingerprint density at radius 3 is 2.70 bits per heavy atom. The maximum atomic E-state index is 12.1. The van der Waals surface area contributed by atoms with Gasteiger partial charge in [-0.3, -0.25) is 10.2 Å². The predicted molar refractivity (Wildman–Crippen MR) is 92.4 cm³/mol. The second-order valence-electron chi connectivity index (χ2n) is 5.18. The maximum absolute atomic E-state index is 12.1. The molecule has 0 atom stereocenters. The van der Waals surface area contributed by atoms with Gasteiger partial charge in [-0.1, -0.05) is 17.7 Å². The number of nitrogen functional groups attached to an aromatic ring is 1. The molecule has 2 aromatic carbocycles. The van der Waals surface area contributed by atoms with Crippen LogP contribution in [0.5, 0.6) is 0 Å². The number of nitrogens with one attached hydrogen (secondary N) is 3. The molecule has 0 radical (unpaired) electrons. The van der Waals surface area contributed by atoms with Crippen LogP contribution in [0.4, 0.5) is 5.69 Å². The monoisotopic (exact) mass is 326 g/mol. The Hall–Kier alpha value is -2.79. The molecule has 0 saturated heterocycles. The van der Waals surface area contributed by atoms with Crippen molar-refractivity contribution in [1.29, 1.82) is 5.41 Å². The Morgan fingerprint density at radius 2 is 2.00 bits per heavy atom. The maximum Gasteiger partial charge on any atom is 0.253 e. The van der Waals surface area contributed by atoms with Crippen LogP contribution in [0.2, 0.25) is 5.02 Å². The van der Waals surface area contributed by atoms with Gasteiger partial charge in [0, 0.05) is 29.0 Å². The summed E-state index contributed by atoms with van der Waals surface area (Å²) in [6.45, 7) is 0.472. The van der Waals surface area contributed by atoms with E-state index >= 15 is 0 Å². The molecule has 1 amide bonds. The molecule has 1 aliphatic rings. The lowest BCUT2D eigenvalue weighted by Gasteiger charge is -2.20. The second kappa shape index (κ2) is 6.14. The van der Waals surface area contributed by atoms with Crippen molar-refractivity contribution in [3.05, 3.63) is 70.4 Å². The molecule has 1 aliphatic heterocycles. The van der Waals surface area contributed by atoms with Crippen LogP contribution in [-0.2, 0) is 11.3 Å². The molecule has 23 heavy (non-hydrogen) atoms. The number of rotatable bonds is 3. The Labute approximate surface area is 138 Å². The molecule has 5 N–H and O–H groups in total. The minimum atomic E-state index is -0.132. The number of hydrogen-bond donors (Lipinski definition) is 4. The van der Waals surface area contributed by atoms with Crippen molar-refractivity contribution in [1.82, 2.24) is 5.32 Å². The molecule has 0 fully saturated rings. The third-order valence-electron chi connectivity index (χ3n) is 3.62. The van der Waals surface area contributed by atoms with E-state index in [0.29, 0.717) is 22.7 Å². The highest BCUT2D eigenvalue weighted by atomic mass is 35.5. The first-order valence-corrected chi connectivity index (χ1v) is 7.40. The SMILES string of the molecule is N=C(N)c1ccc(NC=C2C(=O)NCc3cc(Cl)ccc32)cc1. The molecule has 0 bridgehead atoms. The first-order chi connectivity index (χ1) is 11.0. The van der Waals surface area contributed by atoms with Gasteiger partial charge in [-0.2, -0.15) is 0 Å². The van der Waals surface area contributed by atoms with E-state index in [1.54, 1.807) is 36.5 Å². The van der Waals surface area contributed by atoms with Crippen molar-refractivity contribution < 1.29 is 4.79 Å². The summed E-state index contributed by atoms with van der Waals surface area (Å²) in [5, 5.41) is 13.9. The van der Waals surface area contributed by atoms with Crippen LogP contribution in [0.25, 0.3) is 5.57 Å². The molecule has 3 rings (SSSR count). The van der Waals surface area contributed by atoms with E-state index in [1.165, 1.54) is 0 Å². The molecular formula is C17H15ClN4O. The zero-order valence-corrected chi connectivity index (χ0v) is 12.9. The highest BCUT2D eigenvalue weighted by molar-refractivity contribution is 6.31. The lowest BCUT2D eigenvalue weighted by atomic mass is 9.96. The van der Waals surface area contributed by atoms with Crippen LogP contribution in [-0.4, -0.2) is 11.7 Å². The van der Waals surface area contributed by atoms with Gasteiger partial charge in [-0.25, -0.2) is 0 Å². The minimum absolute atomic E-state index is 0.0207. The molecule has 0 unspecified atom stereocenters. The van der Waals surface area contributed by atoms with E-state index in [-0.39, 0.29) is 11.7 Å². The summed E-state index contributed by atoms with van der Waals surface area (Å²) in [5.41, 5.74) is 9.28. The first-order valence-electron chi connectivity index (χ1n) is 7.03. The van der Waals surface area contributed by atoms with Crippen LogP contribution >= 0.6 is 11.6 Å². The van der Waals surface area contributed by atoms with Crippen molar-refractivity contribution >= 4 is 34.6 Å². The summed E-state index contributed by atoms with van der Waals surface area (Å²) < 4.78 is 0. The fourth-order valence-corrected chi connectivity index (χ4v) is 2.60. The van der Waals surface area contributed by atoms with Crippen LogP contribution in [0, 0.1) is 5.41 Å². The average Bonchev–Trinajstić information content (AvgIpc) is 2.54. The molecular weight excluding hydrogens is 312 g/mol. The van der Waals surface area contributed by atoms with E-state index in [0.717, 1.165) is 16.8 Å². The Balaban J connectivity index is 1.87. The van der Waals surface area contributed by atoms with Gasteiger partial charge in [0.05, 0.1) is 5.57 Å². The highest BCUT2D eigenvalue weighted by Crippen LogP contribution is 2.26. The van der Waals surface area contributed by atoms with Crippen molar-refractivity contribution in [3.8, 4) is 0 Å².